The van der Waals surface area contributed by atoms with Gasteiger partial charge in [-0.15, -0.1) is 0 Å². The van der Waals surface area contributed by atoms with Gasteiger partial charge in [-0.2, -0.15) is 13.5 Å². The van der Waals surface area contributed by atoms with E-state index in [1.54, 1.807) is 0 Å². The molecule has 2 amide bonds. The zero-order valence-corrected chi connectivity index (χ0v) is 22.5. The van der Waals surface area contributed by atoms with E-state index in [1.165, 1.54) is 33.4 Å². The van der Waals surface area contributed by atoms with Gasteiger partial charge in [0.25, 0.3) is 0 Å². The summed E-state index contributed by atoms with van der Waals surface area (Å²) in [5.41, 5.74) is 7.11. The molecule has 1 aliphatic carbocycles. The summed E-state index contributed by atoms with van der Waals surface area (Å²) in [6, 6.07) is 16.6. The Hall–Kier alpha value is -2.83. The fraction of sp³-hybridized carbons (Fsp3) is 0.400. The van der Waals surface area contributed by atoms with Gasteiger partial charge in [0, 0.05) is 24.9 Å². The number of nitrogens with one attached hydrogen (secondary N) is 1. The lowest BCUT2D eigenvalue weighted by molar-refractivity contribution is -0.133. The predicted octanol–water partition coefficient (Wildman–Crippen LogP) is 5.01. The summed E-state index contributed by atoms with van der Waals surface area (Å²) in [6.07, 6.45) is 6.82. The molecule has 0 bridgehead atoms. The van der Waals surface area contributed by atoms with Gasteiger partial charge in [0.2, 0.25) is 11.8 Å². The van der Waals surface area contributed by atoms with Gasteiger partial charge < -0.3 is 15.3 Å². The van der Waals surface area contributed by atoms with Crippen molar-refractivity contribution in [1.82, 2.24) is 10.2 Å². The number of hydrogen-bond donors (Lipinski definition) is 2. The number of carbonyl (C=O) groups is 2. The van der Waals surface area contributed by atoms with Crippen LogP contribution in [0.15, 0.2) is 54.1 Å². The van der Waals surface area contributed by atoms with Crippen LogP contribution in [0.4, 0.5) is 0 Å². The number of likely N-dealkylation sites (tertiary alicyclic amines) is 1. The van der Waals surface area contributed by atoms with E-state index in [0.29, 0.717) is 25.9 Å². The minimum absolute atomic E-state index is 0. The van der Waals surface area contributed by atoms with Gasteiger partial charge in [0.15, 0.2) is 0 Å². The zero-order chi connectivity index (χ0) is 25.0. The van der Waals surface area contributed by atoms with Crippen molar-refractivity contribution in [3.05, 3.63) is 76.4 Å². The maximum Gasteiger partial charge on any atom is 0.225 e. The number of carbonyl (C=O) groups excluding carboxylic acids is 2. The van der Waals surface area contributed by atoms with E-state index < -0.39 is 11.5 Å². The Morgan fingerprint density at radius 1 is 0.944 bits per heavy atom. The molecule has 1 atom stereocenters. The summed E-state index contributed by atoms with van der Waals surface area (Å²) in [5, 5.41) is 12.5. The highest BCUT2D eigenvalue weighted by Gasteiger charge is 2.27. The average molecular weight is 507 g/mol. The lowest BCUT2D eigenvalue weighted by atomic mass is 9.86. The number of nitrogens with zero attached hydrogens (tertiary/aromatic N) is 1. The molecule has 2 aromatic carbocycles. The minimum Gasteiger partial charge on any atom is -0.394 e. The first-order valence-corrected chi connectivity index (χ1v) is 12.6. The molecule has 1 heterocycles. The third kappa shape index (κ3) is 6.29. The van der Waals surface area contributed by atoms with E-state index in [9.17, 15) is 14.7 Å². The lowest BCUT2D eigenvalue weighted by Crippen LogP contribution is -2.44. The van der Waals surface area contributed by atoms with Crippen LogP contribution in [0.1, 0.15) is 68.7 Å². The largest absolute Gasteiger partial charge is 0.394 e. The highest BCUT2D eigenvalue weighted by Crippen LogP contribution is 2.38. The first kappa shape index (κ1) is 27.8. The molecule has 0 radical (unpaired) electrons. The molecule has 1 fully saturated rings. The third-order valence-corrected chi connectivity index (χ3v) is 6.92. The van der Waals surface area contributed by atoms with Gasteiger partial charge in [-0.1, -0.05) is 87.0 Å². The maximum absolute atomic E-state index is 12.9. The normalized spacial score (nSPS) is 15.8. The Morgan fingerprint density at radius 2 is 1.47 bits per heavy atom. The van der Waals surface area contributed by atoms with Crippen LogP contribution in [0.25, 0.3) is 17.7 Å². The highest BCUT2D eigenvalue weighted by molar-refractivity contribution is 7.59. The molecular weight excluding hydrogens is 468 g/mol. The standard InChI is InChI=1S/C30H36N2O3.H2S/c1-30(2,3)29(35)31-24(20-33)14-15-27(34)32-18-16-23(17-19-32)28-25-10-6-4-8-21(25)12-13-22-9-5-7-11-26(22)28;/h4-13,24,33H,14-20H2,1-3H3,(H,31,35);1H2/t24-;/m0./s1. The summed E-state index contributed by atoms with van der Waals surface area (Å²) in [6.45, 7) is 6.72. The van der Waals surface area contributed by atoms with Crippen molar-refractivity contribution in [2.45, 2.75) is 52.5 Å². The quantitative estimate of drug-likeness (QED) is 0.511. The van der Waals surface area contributed by atoms with Crippen LogP contribution < -0.4 is 5.32 Å². The monoisotopic (exact) mass is 506 g/mol. The van der Waals surface area contributed by atoms with E-state index >= 15 is 0 Å². The maximum atomic E-state index is 12.9. The van der Waals surface area contributed by atoms with E-state index in [0.717, 1.165) is 12.8 Å². The van der Waals surface area contributed by atoms with Crippen molar-refractivity contribution in [3.8, 4) is 0 Å². The predicted molar refractivity (Wildman–Crippen MR) is 152 cm³/mol. The molecule has 2 aromatic rings. The number of fused-ring (bicyclic) bond motifs is 2. The van der Waals surface area contributed by atoms with Crippen molar-refractivity contribution < 1.29 is 14.7 Å². The van der Waals surface area contributed by atoms with Gasteiger partial charge in [0.1, 0.15) is 0 Å². The first-order chi connectivity index (χ1) is 16.8. The van der Waals surface area contributed by atoms with E-state index in [-0.39, 0.29) is 31.9 Å². The van der Waals surface area contributed by atoms with Crippen molar-refractivity contribution in [3.63, 3.8) is 0 Å². The summed E-state index contributed by atoms with van der Waals surface area (Å²) in [5.74, 6) is -0.0301. The van der Waals surface area contributed by atoms with Gasteiger partial charge in [-0.05, 0) is 47.1 Å². The van der Waals surface area contributed by atoms with Crippen LogP contribution in [-0.4, -0.2) is 47.6 Å². The Balaban J connectivity index is 0.00000361. The molecule has 2 N–H and O–H groups in total. The van der Waals surface area contributed by atoms with Crippen molar-refractivity contribution in [2.75, 3.05) is 19.7 Å². The van der Waals surface area contributed by atoms with Crippen molar-refractivity contribution >= 4 is 43.0 Å². The zero-order valence-electron chi connectivity index (χ0n) is 21.5. The van der Waals surface area contributed by atoms with Crippen molar-refractivity contribution in [2.24, 2.45) is 5.41 Å². The highest BCUT2D eigenvalue weighted by atomic mass is 32.1. The summed E-state index contributed by atoms with van der Waals surface area (Å²) in [7, 11) is 0. The molecule has 1 saturated heterocycles. The molecule has 2 aliphatic rings. The van der Waals surface area contributed by atoms with Crippen LogP contribution in [0.5, 0.6) is 0 Å². The molecule has 0 spiro atoms. The molecule has 0 unspecified atom stereocenters. The van der Waals surface area contributed by atoms with Crippen molar-refractivity contribution in [1.29, 1.82) is 0 Å². The van der Waals surface area contributed by atoms with E-state index in [4.69, 9.17) is 0 Å². The third-order valence-electron chi connectivity index (χ3n) is 6.92. The number of piperidine rings is 1. The molecule has 0 aromatic heterocycles. The summed E-state index contributed by atoms with van der Waals surface area (Å²) >= 11 is 0. The number of benzene rings is 2. The van der Waals surface area contributed by atoms with Gasteiger partial charge in [-0.25, -0.2) is 0 Å². The minimum atomic E-state index is -0.529. The molecule has 4 rings (SSSR count). The number of hydrogen-bond acceptors (Lipinski definition) is 3. The first-order valence-electron chi connectivity index (χ1n) is 12.6. The number of aliphatic hydroxyl groups is 1. The fourth-order valence-electron chi connectivity index (χ4n) is 4.79. The molecule has 0 saturated carbocycles. The Bertz CT molecular complexity index is 1100. The smallest absolute Gasteiger partial charge is 0.225 e. The second-order valence-corrected chi connectivity index (χ2v) is 10.5. The van der Waals surface area contributed by atoms with Crippen LogP contribution in [0.2, 0.25) is 0 Å². The number of aliphatic hydroxyl groups excluding tert-OH is 1. The Morgan fingerprint density at radius 3 is 1.97 bits per heavy atom. The summed E-state index contributed by atoms with van der Waals surface area (Å²) in [4.78, 5) is 27.1. The molecule has 1 aliphatic heterocycles. The number of amides is 2. The molecular formula is C30H38N2O3S. The topological polar surface area (TPSA) is 69.6 Å². The van der Waals surface area contributed by atoms with Crippen LogP contribution >= 0.6 is 13.5 Å². The molecule has 5 nitrogen and oxygen atoms in total. The van der Waals surface area contributed by atoms with Crippen LogP contribution in [0.3, 0.4) is 0 Å². The Kier molecular flexibility index (Phi) is 9.20. The van der Waals surface area contributed by atoms with Gasteiger partial charge in [0.05, 0.1) is 12.6 Å². The molecule has 192 valence electrons. The van der Waals surface area contributed by atoms with Gasteiger partial charge >= 0.3 is 0 Å². The SMILES string of the molecule is CC(C)(C)C(=O)N[C@H](CO)CCC(=O)N1CCC(=C2c3ccccc3C=Cc3ccccc32)CC1.S. The van der Waals surface area contributed by atoms with Crippen LogP contribution in [-0.2, 0) is 9.59 Å². The second kappa shape index (κ2) is 11.9. The Labute approximate surface area is 221 Å². The fourth-order valence-corrected chi connectivity index (χ4v) is 4.79. The van der Waals surface area contributed by atoms with E-state index in [2.05, 4.69) is 66.0 Å². The number of rotatable bonds is 5. The average Bonchev–Trinajstić information content (AvgIpc) is 3.02. The van der Waals surface area contributed by atoms with E-state index in [1.807, 2.05) is 25.7 Å². The molecule has 6 heteroatoms. The van der Waals surface area contributed by atoms with Gasteiger partial charge in [-0.3, -0.25) is 9.59 Å². The second-order valence-electron chi connectivity index (χ2n) is 10.5. The van der Waals surface area contributed by atoms with Crippen LogP contribution in [0, 0.1) is 5.41 Å². The summed E-state index contributed by atoms with van der Waals surface area (Å²) < 4.78 is 0. The lowest BCUT2D eigenvalue weighted by Gasteiger charge is -2.31. The molecule has 36 heavy (non-hydrogen) atoms.